The van der Waals surface area contributed by atoms with Gasteiger partial charge in [0.1, 0.15) is 17.5 Å². The number of hydrogen-bond donors (Lipinski definition) is 3. The van der Waals surface area contributed by atoms with Gasteiger partial charge in [-0.05, 0) is 37.7 Å². The first-order valence-electron chi connectivity index (χ1n) is 5.99. The van der Waals surface area contributed by atoms with E-state index in [0.29, 0.717) is 11.8 Å². The Labute approximate surface area is 122 Å². The number of nitrogens with one attached hydrogen (secondary N) is 2. The first-order chi connectivity index (χ1) is 9.81. The van der Waals surface area contributed by atoms with Crippen molar-refractivity contribution in [3.8, 4) is 0 Å². The van der Waals surface area contributed by atoms with Gasteiger partial charge in [-0.3, -0.25) is 9.98 Å². The molecule has 0 aliphatic heterocycles. The lowest BCUT2D eigenvalue weighted by Gasteiger charge is -2.10. The maximum absolute atomic E-state index is 14.0. The zero-order valence-corrected chi connectivity index (χ0v) is 12.1. The molecule has 1 aromatic carbocycles. The van der Waals surface area contributed by atoms with Crippen LogP contribution in [0.1, 0.15) is 25.5 Å². The van der Waals surface area contributed by atoms with Crippen LogP contribution in [0.5, 0.6) is 0 Å². The van der Waals surface area contributed by atoms with E-state index in [0.717, 1.165) is 12.1 Å². The lowest BCUT2D eigenvalue weighted by molar-refractivity contribution is 0.525. The third-order valence-electron chi connectivity index (χ3n) is 2.69. The average Bonchev–Trinajstić information content (AvgIpc) is 2.74. The summed E-state index contributed by atoms with van der Waals surface area (Å²) in [6.45, 7) is 3.51. The number of benzene rings is 1. The zero-order chi connectivity index (χ0) is 15.7. The molecule has 1 aromatic heterocycles. The molecule has 2 rings (SSSR count). The summed E-state index contributed by atoms with van der Waals surface area (Å²) in [5.41, 5.74) is 4.71. The zero-order valence-electron chi connectivity index (χ0n) is 11.3. The van der Waals surface area contributed by atoms with Crippen molar-refractivity contribution in [1.29, 1.82) is 5.41 Å². The number of nitrogens with two attached hydrogens (primary N) is 1. The highest BCUT2D eigenvalue weighted by Crippen LogP contribution is 2.31. The van der Waals surface area contributed by atoms with Crippen LogP contribution in [-0.4, -0.2) is 20.6 Å². The van der Waals surface area contributed by atoms with Crippen molar-refractivity contribution in [3.05, 3.63) is 39.8 Å². The Bertz CT molecular complexity index is 729. The number of nitrogen functional groups attached to an aromatic ring is 1. The van der Waals surface area contributed by atoms with E-state index in [4.69, 9.17) is 11.1 Å². The molecule has 2 aromatic rings. The molecule has 0 bridgehead atoms. The number of aromatic amines is 1. The largest absolute Gasteiger partial charge is 0.384 e. The number of halogens is 2. The van der Waals surface area contributed by atoms with E-state index in [2.05, 4.69) is 10.2 Å². The van der Waals surface area contributed by atoms with E-state index < -0.39 is 23.2 Å². The molecule has 112 valence electrons. The topological polar surface area (TPSA) is 101 Å². The molecule has 4 N–H and O–H groups in total. The van der Waals surface area contributed by atoms with Gasteiger partial charge in [0.15, 0.2) is 5.16 Å². The van der Waals surface area contributed by atoms with Crippen molar-refractivity contribution >= 4 is 17.6 Å². The fraction of sp³-hybridized carbons (Fsp3) is 0.250. The van der Waals surface area contributed by atoms with Gasteiger partial charge in [0.05, 0.1) is 4.90 Å². The Morgan fingerprint density at radius 2 is 2.00 bits per heavy atom. The first-order valence-corrected chi connectivity index (χ1v) is 6.81. The fourth-order valence-electron chi connectivity index (χ4n) is 1.72. The SMILES string of the molecule is CC(C)n1c(Sc2c(F)cc(C(=N)N)cc2F)n[nH]c1=O. The highest BCUT2D eigenvalue weighted by molar-refractivity contribution is 7.99. The van der Waals surface area contributed by atoms with Crippen LogP contribution in [-0.2, 0) is 0 Å². The van der Waals surface area contributed by atoms with Gasteiger partial charge in [0.25, 0.3) is 0 Å². The third kappa shape index (κ3) is 2.97. The standard InChI is InChI=1S/C12H13F2N5OS/c1-5(2)19-11(20)17-18-12(19)21-9-7(13)3-6(10(15)16)4-8(9)14/h3-5H,1-2H3,(H3,15,16)(H,17,20). The molecule has 0 unspecified atom stereocenters. The highest BCUT2D eigenvalue weighted by Gasteiger charge is 2.19. The quantitative estimate of drug-likeness (QED) is 0.592. The van der Waals surface area contributed by atoms with Gasteiger partial charge < -0.3 is 5.73 Å². The van der Waals surface area contributed by atoms with Crippen LogP contribution in [0.25, 0.3) is 0 Å². The van der Waals surface area contributed by atoms with E-state index in [1.165, 1.54) is 4.57 Å². The molecule has 21 heavy (non-hydrogen) atoms. The number of aromatic nitrogens is 3. The second-order valence-corrected chi connectivity index (χ2v) is 5.54. The van der Waals surface area contributed by atoms with Crippen molar-refractivity contribution in [2.75, 3.05) is 0 Å². The Morgan fingerprint density at radius 3 is 2.48 bits per heavy atom. The molecule has 0 saturated carbocycles. The molecule has 1 heterocycles. The van der Waals surface area contributed by atoms with Gasteiger partial charge >= 0.3 is 5.69 Å². The minimum Gasteiger partial charge on any atom is -0.384 e. The molecule has 0 spiro atoms. The van der Waals surface area contributed by atoms with Gasteiger partial charge in [0.2, 0.25) is 0 Å². The third-order valence-corrected chi connectivity index (χ3v) is 3.76. The summed E-state index contributed by atoms with van der Waals surface area (Å²) in [7, 11) is 0. The maximum Gasteiger partial charge on any atom is 0.344 e. The van der Waals surface area contributed by atoms with Gasteiger partial charge in [-0.2, -0.15) is 0 Å². The molecule has 0 aliphatic carbocycles. The summed E-state index contributed by atoms with van der Waals surface area (Å²) >= 11 is 0.696. The maximum atomic E-state index is 14.0. The summed E-state index contributed by atoms with van der Waals surface area (Å²) in [5.74, 6) is -2.16. The normalized spacial score (nSPS) is 11.1. The Kier molecular flexibility index (Phi) is 4.12. The molecule has 0 fully saturated rings. The summed E-state index contributed by atoms with van der Waals surface area (Å²) in [6.07, 6.45) is 0. The molecular formula is C12H13F2N5OS. The van der Waals surface area contributed by atoms with Gasteiger partial charge in [0, 0.05) is 11.6 Å². The molecule has 0 aliphatic rings. The van der Waals surface area contributed by atoms with E-state index >= 15 is 0 Å². The lowest BCUT2D eigenvalue weighted by atomic mass is 10.2. The minimum absolute atomic E-state index is 0.0439. The predicted octanol–water partition coefficient (Wildman–Crippen LogP) is 1.87. The molecule has 0 saturated heterocycles. The number of H-pyrrole nitrogens is 1. The average molecular weight is 313 g/mol. The molecule has 0 amide bonds. The summed E-state index contributed by atoms with van der Waals surface area (Å²) in [5, 5.41) is 13.3. The minimum atomic E-state index is -0.865. The molecule has 0 atom stereocenters. The van der Waals surface area contributed by atoms with Crippen LogP contribution in [0, 0.1) is 17.0 Å². The smallest absolute Gasteiger partial charge is 0.344 e. The monoisotopic (exact) mass is 313 g/mol. The molecular weight excluding hydrogens is 300 g/mol. The fourth-order valence-corrected chi connectivity index (χ4v) is 2.70. The van der Waals surface area contributed by atoms with E-state index in [-0.39, 0.29) is 21.7 Å². The molecule has 6 nitrogen and oxygen atoms in total. The van der Waals surface area contributed by atoms with Crippen LogP contribution in [0.3, 0.4) is 0 Å². The van der Waals surface area contributed by atoms with Crippen LogP contribution in [0.15, 0.2) is 27.0 Å². The van der Waals surface area contributed by atoms with Crippen molar-refractivity contribution in [1.82, 2.24) is 14.8 Å². The number of amidine groups is 1. The number of hydrogen-bond acceptors (Lipinski definition) is 4. The van der Waals surface area contributed by atoms with Crippen LogP contribution >= 0.6 is 11.8 Å². The Morgan fingerprint density at radius 1 is 1.43 bits per heavy atom. The van der Waals surface area contributed by atoms with Gasteiger partial charge in [-0.1, -0.05) is 0 Å². The van der Waals surface area contributed by atoms with Crippen molar-refractivity contribution in [2.24, 2.45) is 5.73 Å². The van der Waals surface area contributed by atoms with Crippen LogP contribution in [0.2, 0.25) is 0 Å². The van der Waals surface area contributed by atoms with E-state index in [1.807, 2.05) is 0 Å². The molecule has 9 heteroatoms. The first kappa shape index (κ1) is 15.2. The lowest BCUT2D eigenvalue weighted by Crippen LogP contribution is -2.19. The summed E-state index contributed by atoms with van der Waals surface area (Å²) in [4.78, 5) is 11.3. The number of nitrogens with zero attached hydrogens (tertiary/aromatic N) is 2. The highest BCUT2D eigenvalue weighted by atomic mass is 32.2. The van der Waals surface area contributed by atoms with E-state index in [1.54, 1.807) is 13.8 Å². The summed E-state index contributed by atoms with van der Waals surface area (Å²) in [6, 6.07) is 1.73. The van der Waals surface area contributed by atoms with Crippen LogP contribution < -0.4 is 11.4 Å². The number of rotatable bonds is 4. The van der Waals surface area contributed by atoms with E-state index in [9.17, 15) is 13.6 Å². The van der Waals surface area contributed by atoms with Gasteiger partial charge in [-0.25, -0.2) is 18.7 Å². The second kappa shape index (κ2) is 5.68. The Hall–Kier alpha value is -2.16. The van der Waals surface area contributed by atoms with Gasteiger partial charge in [-0.15, -0.1) is 5.10 Å². The van der Waals surface area contributed by atoms with Crippen molar-refractivity contribution < 1.29 is 8.78 Å². The summed E-state index contributed by atoms with van der Waals surface area (Å²) < 4.78 is 29.2. The predicted molar refractivity (Wildman–Crippen MR) is 74.7 cm³/mol. The second-order valence-electron chi connectivity index (χ2n) is 4.56. The molecule has 0 radical (unpaired) electrons. The Balaban J connectivity index is 2.46. The van der Waals surface area contributed by atoms with Crippen molar-refractivity contribution in [3.63, 3.8) is 0 Å². The van der Waals surface area contributed by atoms with Crippen molar-refractivity contribution in [2.45, 2.75) is 29.9 Å². The van der Waals surface area contributed by atoms with Crippen LogP contribution in [0.4, 0.5) is 8.78 Å².